The number of nitrogens with one attached hydrogen (secondary N) is 2. The predicted molar refractivity (Wildman–Crippen MR) is 121 cm³/mol. The lowest BCUT2D eigenvalue weighted by Crippen LogP contribution is -2.41. The highest BCUT2D eigenvalue weighted by molar-refractivity contribution is 6.06. The molecule has 8 heteroatoms. The average molecular weight is 424 g/mol. The summed E-state index contributed by atoms with van der Waals surface area (Å²) in [6.45, 7) is 7.88. The maximum atomic E-state index is 12.4. The highest BCUT2D eigenvalue weighted by atomic mass is 16.5. The number of hydrogen-bond acceptors (Lipinski definition) is 6. The molecule has 4 rings (SSSR count). The Balaban J connectivity index is 0.00000132. The highest BCUT2D eigenvalue weighted by Gasteiger charge is 2.28. The van der Waals surface area contributed by atoms with E-state index in [0.29, 0.717) is 35.1 Å². The minimum absolute atomic E-state index is 0.0805. The van der Waals surface area contributed by atoms with Crippen LogP contribution in [0.3, 0.4) is 0 Å². The van der Waals surface area contributed by atoms with Crippen LogP contribution in [0, 0.1) is 6.92 Å². The van der Waals surface area contributed by atoms with Crippen LogP contribution in [0.2, 0.25) is 0 Å². The summed E-state index contributed by atoms with van der Waals surface area (Å²) in [6.07, 6.45) is 5.75. The molecule has 0 aromatic heterocycles. The van der Waals surface area contributed by atoms with E-state index in [2.05, 4.69) is 15.7 Å². The van der Waals surface area contributed by atoms with Gasteiger partial charge in [0.15, 0.2) is 5.84 Å². The summed E-state index contributed by atoms with van der Waals surface area (Å²) >= 11 is 0. The third kappa shape index (κ3) is 5.02. The number of amides is 1. The van der Waals surface area contributed by atoms with E-state index in [1.807, 2.05) is 39.8 Å². The number of allylic oxidation sites excluding steroid dienone is 1. The van der Waals surface area contributed by atoms with Crippen LogP contribution in [0.5, 0.6) is 0 Å². The quantitative estimate of drug-likeness (QED) is 0.723. The van der Waals surface area contributed by atoms with E-state index in [-0.39, 0.29) is 11.9 Å². The van der Waals surface area contributed by atoms with Crippen molar-refractivity contribution in [1.82, 2.24) is 15.8 Å². The average Bonchev–Trinajstić information content (AvgIpc) is 3.59. The molecule has 0 radical (unpaired) electrons. The molecule has 0 spiro atoms. The van der Waals surface area contributed by atoms with Gasteiger partial charge in [0.2, 0.25) is 0 Å². The van der Waals surface area contributed by atoms with Crippen LogP contribution < -0.4 is 10.7 Å². The van der Waals surface area contributed by atoms with E-state index in [0.717, 1.165) is 29.7 Å². The lowest BCUT2D eigenvalue weighted by Gasteiger charge is -2.32. The zero-order chi connectivity index (χ0) is 22.5. The molecule has 0 atom stereocenters. The molecule has 1 saturated carbocycles. The summed E-state index contributed by atoms with van der Waals surface area (Å²) in [7, 11) is 1.37. The number of rotatable bonds is 4. The topological polar surface area (TPSA) is 95.4 Å². The maximum absolute atomic E-state index is 12.4. The Morgan fingerprint density at radius 3 is 2.68 bits per heavy atom. The van der Waals surface area contributed by atoms with Gasteiger partial charge in [0.25, 0.3) is 5.91 Å². The van der Waals surface area contributed by atoms with E-state index in [1.54, 1.807) is 17.3 Å². The molecule has 0 saturated heterocycles. The number of carbonyl (C=O) groups excluding carboxylic acids is 2. The molecule has 164 valence electrons. The number of hydrazine groups is 1. The van der Waals surface area contributed by atoms with Crippen LogP contribution in [-0.4, -0.2) is 42.2 Å². The molecule has 2 heterocycles. The van der Waals surface area contributed by atoms with Gasteiger partial charge < -0.3 is 10.1 Å². The number of aliphatic imine (C=N–C) groups is 2. The minimum Gasteiger partial charge on any atom is -0.466 e. The van der Waals surface area contributed by atoms with Gasteiger partial charge in [-0.25, -0.2) is 14.8 Å². The lowest BCUT2D eigenvalue weighted by atomic mass is 10.0. The van der Waals surface area contributed by atoms with Crippen molar-refractivity contribution in [2.75, 3.05) is 7.11 Å². The van der Waals surface area contributed by atoms with Crippen LogP contribution in [-0.2, 0) is 9.53 Å². The zero-order valence-corrected chi connectivity index (χ0v) is 18.7. The molecule has 2 aliphatic heterocycles. The summed E-state index contributed by atoms with van der Waals surface area (Å²) < 4.78 is 4.84. The number of carbonyl (C=O) groups is 2. The van der Waals surface area contributed by atoms with Crippen molar-refractivity contribution in [2.45, 2.75) is 53.0 Å². The third-order valence-electron chi connectivity index (χ3n) is 5.04. The number of amidine groups is 1. The Morgan fingerprint density at radius 2 is 2.00 bits per heavy atom. The largest absolute Gasteiger partial charge is 0.466 e. The predicted octanol–water partition coefficient (Wildman–Crippen LogP) is 3.53. The van der Waals surface area contributed by atoms with Crippen molar-refractivity contribution < 1.29 is 14.3 Å². The van der Waals surface area contributed by atoms with E-state index in [4.69, 9.17) is 9.73 Å². The van der Waals surface area contributed by atoms with Gasteiger partial charge >= 0.3 is 5.97 Å². The van der Waals surface area contributed by atoms with Crippen molar-refractivity contribution in [1.29, 1.82) is 0 Å². The van der Waals surface area contributed by atoms with Crippen molar-refractivity contribution in [3.63, 3.8) is 0 Å². The Hall–Kier alpha value is -3.42. The first-order valence-electron chi connectivity index (χ1n) is 10.5. The summed E-state index contributed by atoms with van der Waals surface area (Å²) in [5.74, 6) is 0.0730. The second-order valence-corrected chi connectivity index (χ2v) is 7.39. The molecule has 1 aromatic rings. The molecule has 3 aliphatic rings. The summed E-state index contributed by atoms with van der Waals surface area (Å²) in [5.41, 5.74) is 7.49. The second kappa shape index (κ2) is 9.59. The Kier molecular flexibility index (Phi) is 6.89. The number of esters is 1. The van der Waals surface area contributed by atoms with Gasteiger partial charge in [-0.2, -0.15) is 0 Å². The maximum Gasteiger partial charge on any atom is 0.335 e. The first kappa shape index (κ1) is 22.3. The van der Waals surface area contributed by atoms with Crippen molar-refractivity contribution >= 4 is 29.7 Å². The summed E-state index contributed by atoms with van der Waals surface area (Å²) in [5, 5.41) is 4.72. The summed E-state index contributed by atoms with van der Waals surface area (Å²) in [6, 6.07) is 5.79. The SMILES string of the molecule is CC.COC(=O)C1=CN2NC=NC(=Nc3cc(C(=O)NC4CC4)ccc3C)C2=C(C)C1. The van der Waals surface area contributed by atoms with Crippen LogP contribution in [0.1, 0.15) is 56.0 Å². The van der Waals surface area contributed by atoms with Crippen LogP contribution in [0.15, 0.2) is 51.2 Å². The molecule has 1 amide bonds. The number of hydrogen-bond donors (Lipinski definition) is 2. The molecule has 0 unspecified atom stereocenters. The number of fused-ring (bicyclic) bond motifs is 1. The Bertz CT molecular complexity index is 1000. The molecule has 0 bridgehead atoms. The van der Waals surface area contributed by atoms with Gasteiger partial charge in [0, 0.05) is 24.2 Å². The molecule has 1 fully saturated rings. The van der Waals surface area contributed by atoms with E-state index in [9.17, 15) is 9.59 Å². The molecule has 1 aliphatic carbocycles. The molecule has 8 nitrogen and oxygen atoms in total. The second-order valence-electron chi connectivity index (χ2n) is 7.39. The van der Waals surface area contributed by atoms with Crippen molar-refractivity contribution in [3.8, 4) is 0 Å². The lowest BCUT2D eigenvalue weighted by molar-refractivity contribution is -0.136. The third-order valence-corrected chi connectivity index (χ3v) is 5.04. The van der Waals surface area contributed by atoms with Crippen molar-refractivity contribution in [3.05, 3.63) is 52.4 Å². The molecule has 31 heavy (non-hydrogen) atoms. The first-order chi connectivity index (χ1) is 15.0. The fraction of sp³-hybridized carbons (Fsp3) is 0.391. The first-order valence-corrected chi connectivity index (χ1v) is 10.5. The molecular formula is C23H29N5O3. The van der Waals surface area contributed by atoms with Gasteiger partial charge in [0.05, 0.1) is 18.4 Å². The van der Waals surface area contributed by atoms with Gasteiger partial charge in [-0.05, 0) is 50.0 Å². The molecular weight excluding hydrogens is 394 g/mol. The minimum atomic E-state index is -0.364. The van der Waals surface area contributed by atoms with Gasteiger partial charge in [-0.1, -0.05) is 19.9 Å². The van der Waals surface area contributed by atoms with Crippen LogP contribution >= 0.6 is 0 Å². The number of benzene rings is 1. The van der Waals surface area contributed by atoms with E-state index in [1.165, 1.54) is 13.4 Å². The monoisotopic (exact) mass is 423 g/mol. The number of aryl methyl sites for hydroxylation is 1. The fourth-order valence-corrected chi connectivity index (χ4v) is 3.27. The number of methoxy groups -OCH3 is 1. The fourth-order valence-electron chi connectivity index (χ4n) is 3.27. The Labute approximate surface area is 182 Å². The zero-order valence-electron chi connectivity index (χ0n) is 18.7. The summed E-state index contributed by atoms with van der Waals surface area (Å²) in [4.78, 5) is 33.4. The number of nitrogens with zero attached hydrogens (tertiary/aromatic N) is 3. The van der Waals surface area contributed by atoms with E-state index < -0.39 is 0 Å². The smallest absolute Gasteiger partial charge is 0.335 e. The number of ether oxygens (including phenoxy) is 1. The van der Waals surface area contributed by atoms with Gasteiger partial charge in [-0.3, -0.25) is 15.2 Å². The normalized spacial score (nSPS) is 18.4. The van der Waals surface area contributed by atoms with Crippen LogP contribution in [0.4, 0.5) is 5.69 Å². The Morgan fingerprint density at radius 1 is 1.26 bits per heavy atom. The van der Waals surface area contributed by atoms with Crippen molar-refractivity contribution in [2.24, 2.45) is 9.98 Å². The van der Waals surface area contributed by atoms with Gasteiger partial charge in [0.1, 0.15) is 12.0 Å². The van der Waals surface area contributed by atoms with Crippen LogP contribution in [0.25, 0.3) is 0 Å². The standard InChI is InChI=1S/C21H23N5O3.C2H6/c1-12-4-5-14(20(27)24-16-6-7-16)9-17(12)25-19-18-13(2)8-15(21(28)29-3)10-26(18)23-11-22-19;1-2/h4-5,9-11,16H,6-8H2,1-3H3,(H,24,27)(H,22,23,25);1-2H3. The highest BCUT2D eigenvalue weighted by Crippen LogP contribution is 2.29. The molecule has 1 aromatic carbocycles. The van der Waals surface area contributed by atoms with Gasteiger partial charge in [-0.15, -0.1) is 0 Å². The van der Waals surface area contributed by atoms with E-state index >= 15 is 0 Å². The molecule has 2 N–H and O–H groups in total.